The third-order valence-corrected chi connectivity index (χ3v) is 7.10. The third kappa shape index (κ3) is 3.36. The number of benzene rings is 1. The van der Waals surface area contributed by atoms with Crippen LogP contribution in [-0.4, -0.2) is 49.7 Å². The summed E-state index contributed by atoms with van der Waals surface area (Å²) in [5.41, 5.74) is 0. The maximum Gasteiger partial charge on any atom is 0.244 e. The normalized spacial score (nSPS) is 25.4. The van der Waals surface area contributed by atoms with Crippen LogP contribution in [0.3, 0.4) is 0 Å². The zero-order chi connectivity index (χ0) is 16.8. The topological polar surface area (TPSA) is 57.7 Å². The van der Waals surface area contributed by atoms with Gasteiger partial charge in [0.25, 0.3) is 0 Å². The fourth-order valence-corrected chi connectivity index (χ4v) is 5.02. The number of rotatable bonds is 3. The molecular weight excluding hydrogens is 359 g/mol. The van der Waals surface area contributed by atoms with E-state index < -0.39 is 10.0 Å². The Morgan fingerprint density at radius 2 is 1.78 bits per heavy atom. The van der Waals surface area contributed by atoms with E-state index in [0.29, 0.717) is 24.0 Å². The third-order valence-electron chi connectivity index (χ3n) is 4.49. The van der Waals surface area contributed by atoms with Gasteiger partial charge < -0.3 is 4.90 Å². The number of carbonyl (C=O) groups is 1. The molecule has 0 unspecified atom stereocenters. The molecule has 0 radical (unpaired) electrons. The first-order chi connectivity index (χ1) is 10.8. The van der Waals surface area contributed by atoms with Gasteiger partial charge >= 0.3 is 0 Å². The first kappa shape index (κ1) is 17.0. The highest BCUT2D eigenvalue weighted by Crippen LogP contribution is 2.39. The van der Waals surface area contributed by atoms with Gasteiger partial charge in [-0.1, -0.05) is 30.1 Å². The Morgan fingerprint density at radius 1 is 1.17 bits per heavy atom. The fraction of sp³-hybridized carbons (Fsp3) is 0.533. The van der Waals surface area contributed by atoms with Crippen molar-refractivity contribution in [1.29, 1.82) is 0 Å². The molecule has 1 heterocycles. The van der Waals surface area contributed by atoms with E-state index in [2.05, 4.69) is 6.92 Å². The lowest BCUT2D eigenvalue weighted by Gasteiger charge is -2.34. The second-order valence-corrected chi connectivity index (χ2v) is 8.87. The molecule has 2 atom stereocenters. The van der Waals surface area contributed by atoms with Crippen molar-refractivity contribution in [2.45, 2.75) is 18.2 Å². The maximum atomic E-state index is 12.7. The summed E-state index contributed by atoms with van der Waals surface area (Å²) in [6.07, 6.45) is 0.940. The van der Waals surface area contributed by atoms with Crippen LogP contribution in [0.5, 0.6) is 0 Å². The van der Waals surface area contributed by atoms with Crippen molar-refractivity contribution in [3.8, 4) is 0 Å². The van der Waals surface area contributed by atoms with Gasteiger partial charge in [0.2, 0.25) is 15.9 Å². The molecule has 2 aliphatic rings. The largest absolute Gasteiger partial charge is 0.340 e. The van der Waals surface area contributed by atoms with Gasteiger partial charge in [-0.3, -0.25) is 4.79 Å². The zero-order valence-corrected chi connectivity index (χ0v) is 15.0. The molecule has 0 bridgehead atoms. The van der Waals surface area contributed by atoms with Gasteiger partial charge in [0.1, 0.15) is 4.90 Å². The average Bonchev–Trinajstić information content (AvgIpc) is 3.26. The summed E-state index contributed by atoms with van der Waals surface area (Å²) >= 11 is 11.9. The second-order valence-electron chi connectivity index (χ2n) is 6.12. The van der Waals surface area contributed by atoms with Crippen molar-refractivity contribution in [1.82, 2.24) is 9.21 Å². The molecule has 2 fully saturated rings. The number of hydrogen-bond donors (Lipinski definition) is 0. The van der Waals surface area contributed by atoms with E-state index in [-0.39, 0.29) is 34.8 Å². The van der Waals surface area contributed by atoms with E-state index in [0.717, 1.165) is 6.42 Å². The summed E-state index contributed by atoms with van der Waals surface area (Å²) in [6.45, 7) is 3.44. The van der Waals surface area contributed by atoms with Crippen LogP contribution in [0.25, 0.3) is 0 Å². The Labute approximate surface area is 146 Å². The molecule has 1 aromatic carbocycles. The molecule has 0 aromatic heterocycles. The Balaban J connectivity index is 1.71. The van der Waals surface area contributed by atoms with Crippen LogP contribution in [0.4, 0.5) is 0 Å². The van der Waals surface area contributed by atoms with Gasteiger partial charge in [-0.15, -0.1) is 0 Å². The molecule has 0 spiro atoms. The minimum atomic E-state index is -3.70. The molecule has 1 aliphatic heterocycles. The number of carbonyl (C=O) groups excluding carboxylic acids is 1. The first-order valence-corrected chi connectivity index (χ1v) is 9.74. The van der Waals surface area contributed by atoms with Gasteiger partial charge in [-0.2, -0.15) is 4.31 Å². The van der Waals surface area contributed by atoms with Crippen molar-refractivity contribution in [2.75, 3.05) is 26.2 Å². The predicted octanol–water partition coefficient (Wildman–Crippen LogP) is 2.48. The lowest BCUT2D eigenvalue weighted by molar-refractivity contribution is -0.134. The molecule has 5 nitrogen and oxygen atoms in total. The van der Waals surface area contributed by atoms with Crippen LogP contribution in [0.2, 0.25) is 10.0 Å². The number of hydrogen-bond acceptors (Lipinski definition) is 3. The van der Waals surface area contributed by atoms with Gasteiger partial charge in [0.15, 0.2) is 0 Å². The quantitative estimate of drug-likeness (QED) is 0.813. The number of amides is 1. The van der Waals surface area contributed by atoms with Gasteiger partial charge in [0, 0.05) is 37.1 Å². The minimum absolute atomic E-state index is 0.0160. The van der Waals surface area contributed by atoms with E-state index in [4.69, 9.17) is 23.2 Å². The molecule has 1 aromatic rings. The maximum absolute atomic E-state index is 12.7. The molecule has 0 N–H and O–H groups in total. The zero-order valence-electron chi connectivity index (χ0n) is 12.7. The summed E-state index contributed by atoms with van der Waals surface area (Å²) < 4.78 is 26.8. The predicted molar refractivity (Wildman–Crippen MR) is 89.1 cm³/mol. The number of piperazine rings is 1. The van der Waals surface area contributed by atoms with E-state index in [1.807, 2.05) is 0 Å². The Kier molecular flexibility index (Phi) is 4.62. The van der Waals surface area contributed by atoms with Crippen LogP contribution < -0.4 is 0 Å². The Morgan fingerprint density at radius 3 is 2.35 bits per heavy atom. The molecule has 3 rings (SSSR count). The number of halogens is 2. The lowest BCUT2D eigenvalue weighted by atomic mass is 10.2. The van der Waals surface area contributed by atoms with Gasteiger partial charge in [0.05, 0.1) is 5.02 Å². The highest BCUT2D eigenvalue weighted by molar-refractivity contribution is 7.89. The standard InChI is InChI=1S/C15H18Cl2N2O3S/c1-10-8-12(10)15(20)18-4-6-19(7-5-18)23(21,22)14-9-11(16)2-3-13(14)17/h2-3,9-10,12H,4-8H2,1H3/t10-,12-/m0/s1. The van der Waals surface area contributed by atoms with Gasteiger partial charge in [-0.25, -0.2) is 8.42 Å². The van der Waals surface area contributed by atoms with Crippen molar-refractivity contribution >= 4 is 39.1 Å². The monoisotopic (exact) mass is 376 g/mol. The summed E-state index contributed by atoms with van der Waals surface area (Å²) in [5.74, 6) is 0.727. The SMILES string of the molecule is C[C@H]1C[C@@H]1C(=O)N1CCN(S(=O)(=O)c2cc(Cl)ccc2Cl)CC1. The van der Waals surface area contributed by atoms with E-state index >= 15 is 0 Å². The molecule has 1 saturated carbocycles. The first-order valence-electron chi connectivity index (χ1n) is 7.54. The molecule has 1 amide bonds. The van der Waals surface area contributed by atoms with Crippen LogP contribution in [-0.2, 0) is 14.8 Å². The lowest BCUT2D eigenvalue weighted by Crippen LogP contribution is -2.51. The van der Waals surface area contributed by atoms with E-state index in [1.165, 1.54) is 16.4 Å². The summed E-state index contributed by atoms with van der Waals surface area (Å²) in [4.78, 5) is 14.0. The molecule has 23 heavy (non-hydrogen) atoms. The number of sulfonamides is 1. The van der Waals surface area contributed by atoms with Crippen LogP contribution in [0, 0.1) is 11.8 Å². The van der Waals surface area contributed by atoms with Crippen LogP contribution in [0.1, 0.15) is 13.3 Å². The van der Waals surface area contributed by atoms with Crippen molar-refractivity contribution in [2.24, 2.45) is 11.8 Å². The van der Waals surface area contributed by atoms with Crippen molar-refractivity contribution in [3.63, 3.8) is 0 Å². The Hall–Kier alpha value is -0.820. The molecule has 1 aliphatic carbocycles. The molecule has 126 valence electrons. The number of nitrogens with zero attached hydrogens (tertiary/aromatic N) is 2. The van der Waals surface area contributed by atoms with Gasteiger partial charge in [-0.05, 0) is 30.5 Å². The summed E-state index contributed by atoms with van der Waals surface area (Å²) in [6, 6.07) is 4.39. The summed E-state index contributed by atoms with van der Waals surface area (Å²) in [7, 11) is -3.70. The van der Waals surface area contributed by atoms with Crippen molar-refractivity contribution < 1.29 is 13.2 Å². The Bertz CT molecular complexity index is 730. The van der Waals surface area contributed by atoms with E-state index in [1.54, 1.807) is 11.0 Å². The van der Waals surface area contributed by atoms with Crippen LogP contribution >= 0.6 is 23.2 Å². The minimum Gasteiger partial charge on any atom is -0.340 e. The fourth-order valence-electron chi connectivity index (χ4n) is 2.86. The average molecular weight is 377 g/mol. The van der Waals surface area contributed by atoms with Crippen LogP contribution in [0.15, 0.2) is 23.1 Å². The summed E-state index contributed by atoms with van der Waals surface area (Å²) in [5, 5.41) is 0.476. The second kappa shape index (κ2) is 6.24. The smallest absolute Gasteiger partial charge is 0.244 e. The molecule has 1 saturated heterocycles. The highest BCUT2D eigenvalue weighted by Gasteiger charge is 2.42. The highest BCUT2D eigenvalue weighted by atomic mass is 35.5. The molecule has 8 heteroatoms. The van der Waals surface area contributed by atoms with E-state index in [9.17, 15) is 13.2 Å². The molecular formula is C15H18Cl2N2O3S. The van der Waals surface area contributed by atoms with Crippen molar-refractivity contribution in [3.05, 3.63) is 28.2 Å².